The Bertz CT molecular complexity index is 1340. The molecule has 0 unspecified atom stereocenters. The second kappa shape index (κ2) is 10.9. The molecule has 0 aliphatic rings. The van der Waals surface area contributed by atoms with Gasteiger partial charge in [-0.25, -0.2) is 8.78 Å². The van der Waals surface area contributed by atoms with E-state index in [0.717, 1.165) is 11.0 Å². The molecule has 3 aromatic rings. The van der Waals surface area contributed by atoms with Gasteiger partial charge in [0, 0.05) is 25.3 Å². The molecule has 3 rings (SSSR count). The van der Waals surface area contributed by atoms with Crippen LogP contribution in [0.4, 0.5) is 46.5 Å². The van der Waals surface area contributed by atoms with E-state index in [4.69, 9.17) is 0 Å². The lowest BCUT2D eigenvalue weighted by Crippen LogP contribution is -2.50. The fraction of sp³-hybridized carbons (Fsp3) is 0.167. The number of nitrogens with zero attached hydrogens (tertiary/aromatic N) is 1. The summed E-state index contributed by atoms with van der Waals surface area (Å²) in [5, 5.41) is 2.24. The standard InChI is InChI=1S/C24H14F8I2N2O2/c1-36(21(38)12-6-3-2-4-7-12)17-9-5-8-14(18(17)25)20(37)35-19-15(33)10-13(11-16(19)34)22(26,23(27,28)29)24(30,31)32/h2-11H,1H3,(H,35,37). The fourth-order valence-electron chi connectivity index (χ4n) is 3.40. The third-order valence-electron chi connectivity index (χ3n) is 5.37. The van der Waals surface area contributed by atoms with E-state index in [9.17, 15) is 40.3 Å². The van der Waals surface area contributed by atoms with E-state index in [2.05, 4.69) is 5.32 Å². The van der Waals surface area contributed by atoms with Crippen molar-refractivity contribution in [1.82, 2.24) is 0 Å². The molecule has 38 heavy (non-hydrogen) atoms. The second-order valence-electron chi connectivity index (χ2n) is 7.79. The van der Waals surface area contributed by atoms with Crippen LogP contribution in [0.15, 0.2) is 60.7 Å². The first-order valence-corrected chi connectivity index (χ1v) is 12.4. The van der Waals surface area contributed by atoms with E-state index < -0.39 is 46.8 Å². The van der Waals surface area contributed by atoms with Crippen molar-refractivity contribution in [2.75, 3.05) is 17.3 Å². The normalized spacial score (nSPS) is 12.3. The lowest BCUT2D eigenvalue weighted by Gasteiger charge is -2.31. The predicted octanol–water partition coefficient (Wildman–Crippen LogP) is 7.85. The minimum atomic E-state index is -6.31. The monoisotopic (exact) mass is 768 g/mol. The third kappa shape index (κ3) is 5.60. The molecule has 3 aromatic carbocycles. The summed E-state index contributed by atoms with van der Waals surface area (Å²) in [6.07, 6.45) is -12.6. The first-order chi connectivity index (χ1) is 17.5. The molecule has 0 saturated heterocycles. The third-order valence-corrected chi connectivity index (χ3v) is 7.07. The largest absolute Gasteiger partial charge is 0.435 e. The van der Waals surface area contributed by atoms with E-state index >= 15 is 4.39 Å². The number of anilines is 2. The first kappa shape index (κ1) is 30.0. The topological polar surface area (TPSA) is 49.4 Å². The van der Waals surface area contributed by atoms with Gasteiger partial charge in [0.25, 0.3) is 11.8 Å². The van der Waals surface area contributed by atoms with Gasteiger partial charge in [-0.05, 0) is 81.6 Å². The number of rotatable bonds is 5. The number of carbonyl (C=O) groups is 2. The molecule has 14 heteroatoms. The maximum Gasteiger partial charge on any atom is 0.435 e. The maximum atomic E-state index is 15.3. The highest BCUT2D eigenvalue weighted by atomic mass is 127. The highest BCUT2D eigenvalue weighted by Crippen LogP contribution is 2.54. The van der Waals surface area contributed by atoms with Gasteiger partial charge in [-0.3, -0.25) is 9.59 Å². The lowest BCUT2D eigenvalue weighted by molar-refractivity contribution is -0.348. The van der Waals surface area contributed by atoms with Crippen molar-refractivity contribution < 1.29 is 44.7 Å². The number of benzene rings is 3. The molecule has 0 aliphatic carbocycles. The lowest BCUT2D eigenvalue weighted by atomic mass is 9.94. The quantitative estimate of drug-likeness (QED) is 0.213. The van der Waals surface area contributed by atoms with Crippen molar-refractivity contribution in [3.05, 3.63) is 90.3 Å². The molecule has 0 heterocycles. The molecular formula is C24H14F8I2N2O2. The van der Waals surface area contributed by atoms with Crippen LogP contribution in [-0.2, 0) is 5.67 Å². The Hall–Kier alpha value is -2.50. The Morgan fingerprint density at radius 1 is 0.816 bits per heavy atom. The van der Waals surface area contributed by atoms with Crippen LogP contribution in [0.3, 0.4) is 0 Å². The molecule has 0 atom stereocenters. The van der Waals surface area contributed by atoms with Crippen LogP contribution in [0, 0.1) is 13.0 Å². The van der Waals surface area contributed by atoms with Crippen LogP contribution in [-0.4, -0.2) is 31.2 Å². The zero-order chi connectivity index (χ0) is 28.6. The van der Waals surface area contributed by atoms with Gasteiger partial charge in [0.05, 0.1) is 16.9 Å². The molecule has 0 spiro atoms. The molecular weight excluding hydrogens is 754 g/mol. The Morgan fingerprint density at radius 2 is 1.34 bits per heavy atom. The minimum absolute atomic E-state index is 0.245. The van der Waals surface area contributed by atoms with Crippen LogP contribution in [0.2, 0.25) is 0 Å². The van der Waals surface area contributed by atoms with E-state index in [1.807, 2.05) is 0 Å². The van der Waals surface area contributed by atoms with E-state index in [-0.39, 0.29) is 24.1 Å². The zero-order valence-corrected chi connectivity index (χ0v) is 23.1. The maximum absolute atomic E-state index is 15.3. The van der Waals surface area contributed by atoms with Gasteiger partial charge >= 0.3 is 18.0 Å². The molecule has 0 bridgehead atoms. The molecule has 0 saturated carbocycles. The van der Waals surface area contributed by atoms with Crippen LogP contribution in [0.1, 0.15) is 26.3 Å². The Kier molecular flexibility index (Phi) is 8.65. The van der Waals surface area contributed by atoms with Gasteiger partial charge in [0.2, 0.25) is 0 Å². The van der Waals surface area contributed by atoms with Gasteiger partial charge in [-0.1, -0.05) is 24.3 Å². The summed E-state index contributed by atoms with van der Waals surface area (Å²) in [5.74, 6) is -2.78. The van der Waals surface area contributed by atoms with Gasteiger partial charge < -0.3 is 10.2 Å². The first-order valence-electron chi connectivity index (χ1n) is 10.3. The fourth-order valence-corrected chi connectivity index (χ4v) is 5.44. The van der Waals surface area contributed by atoms with Crippen LogP contribution in [0.5, 0.6) is 0 Å². The minimum Gasteiger partial charge on any atom is -0.320 e. The van der Waals surface area contributed by atoms with Crippen LogP contribution < -0.4 is 10.2 Å². The van der Waals surface area contributed by atoms with E-state index in [1.54, 1.807) is 18.2 Å². The van der Waals surface area contributed by atoms with Crippen molar-refractivity contribution in [2.45, 2.75) is 18.0 Å². The van der Waals surface area contributed by atoms with Crippen molar-refractivity contribution >= 4 is 68.4 Å². The summed E-state index contributed by atoms with van der Waals surface area (Å²) in [7, 11) is 1.28. The van der Waals surface area contributed by atoms with E-state index in [1.165, 1.54) is 76.5 Å². The van der Waals surface area contributed by atoms with E-state index in [0.29, 0.717) is 12.1 Å². The molecule has 0 aromatic heterocycles. The smallest absolute Gasteiger partial charge is 0.320 e. The predicted molar refractivity (Wildman–Crippen MR) is 140 cm³/mol. The number of carbonyl (C=O) groups excluding carboxylic acids is 2. The number of halogens is 10. The average Bonchev–Trinajstić information content (AvgIpc) is 2.83. The van der Waals surface area contributed by atoms with Crippen LogP contribution >= 0.6 is 45.2 Å². The molecule has 0 fully saturated rings. The van der Waals surface area contributed by atoms with Crippen molar-refractivity contribution in [3.8, 4) is 0 Å². The highest BCUT2D eigenvalue weighted by Gasteiger charge is 2.73. The Balaban J connectivity index is 1.96. The summed E-state index contributed by atoms with van der Waals surface area (Å²) in [6.45, 7) is 0. The molecule has 2 amide bonds. The number of hydrogen-bond acceptors (Lipinski definition) is 2. The van der Waals surface area contributed by atoms with Gasteiger partial charge in [-0.2, -0.15) is 26.3 Å². The summed E-state index contributed by atoms with van der Waals surface area (Å²) >= 11 is 2.67. The average molecular weight is 768 g/mol. The van der Waals surface area contributed by atoms with Gasteiger partial charge in [0.1, 0.15) is 0 Å². The number of amides is 2. The summed E-state index contributed by atoms with van der Waals surface area (Å²) in [5.41, 5.74) is -8.21. The number of hydrogen-bond donors (Lipinski definition) is 1. The Labute approximate surface area is 237 Å². The molecule has 0 aliphatic heterocycles. The van der Waals surface area contributed by atoms with Crippen molar-refractivity contribution in [2.24, 2.45) is 0 Å². The zero-order valence-electron chi connectivity index (χ0n) is 18.8. The number of nitrogens with one attached hydrogen (secondary N) is 1. The highest BCUT2D eigenvalue weighted by molar-refractivity contribution is 14.1. The molecule has 1 N–H and O–H groups in total. The second-order valence-corrected chi connectivity index (χ2v) is 10.1. The number of alkyl halides is 7. The summed E-state index contributed by atoms with van der Waals surface area (Å²) < 4.78 is 108. The van der Waals surface area contributed by atoms with Gasteiger partial charge in [-0.15, -0.1) is 0 Å². The van der Waals surface area contributed by atoms with Crippen LogP contribution in [0.25, 0.3) is 0 Å². The van der Waals surface area contributed by atoms with Gasteiger partial charge in [0.15, 0.2) is 5.82 Å². The summed E-state index contributed by atoms with van der Waals surface area (Å²) in [4.78, 5) is 26.5. The molecule has 4 nitrogen and oxygen atoms in total. The van der Waals surface area contributed by atoms with Crippen molar-refractivity contribution in [3.63, 3.8) is 0 Å². The molecule has 202 valence electrons. The van der Waals surface area contributed by atoms with Crippen molar-refractivity contribution in [1.29, 1.82) is 0 Å². The SMILES string of the molecule is CN(C(=O)c1ccccc1)c1cccc(C(=O)Nc2c(I)cc(C(F)(C(F)(F)F)C(F)(F)F)cc2I)c1F. The summed E-state index contributed by atoms with van der Waals surface area (Å²) in [6, 6.07) is 12.1. The molecule has 0 radical (unpaired) electrons. The Morgan fingerprint density at radius 3 is 1.84 bits per heavy atom.